The van der Waals surface area contributed by atoms with Gasteiger partial charge in [-0.2, -0.15) is 0 Å². The summed E-state index contributed by atoms with van der Waals surface area (Å²) in [5.41, 5.74) is 5.04. The van der Waals surface area contributed by atoms with Crippen molar-refractivity contribution < 1.29 is 9.53 Å². The summed E-state index contributed by atoms with van der Waals surface area (Å²) in [6.07, 6.45) is -0.263. The summed E-state index contributed by atoms with van der Waals surface area (Å²) >= 11 is 2.30. The Balaban J connectivity index is 1.76. The van der Waals surface area contributed by atoms with Crippen LogP contribution in [0.15, 0.2) is 78.9 Å². The molecule has 3 heteroatoms. The molecule has 3 aromatic carbocycles. The van der Waals surface area contributed by atoms with Crippen LogP contribution in [-0.2, 0) is 4.74 Å². The fourth-order valence-corrected chi connectivity index (χ4v) is 3.36. The Bertz CT molecular complexity index is 853. The highest BCUT2D eigenvalue weighted by molar-refractivity contribution is 14.1. The maximum Gasteiger partial charge on any atom is 0.338 e. The van der Waals surface area contributed by atoms with Crippen molar-refractivity contribution in [3.05, 3.63) is 95.6 Å². The minimum atomic E-state index is -0.294. The number of esters is 1. The van der Waals surface area contributed by atoms with Crippen molar-refractivity contribution in [2.75, 3.05) is 0 Å². The highest BCUT2D eigenvalue weighted by atomic mass is 127. The van der Waals surface area contributed by atoms with Gasteiger partial charge >= 0.3 is 5.97 Å². The zero-order valence-electron chi connectivity index (χ0n) is 14.9. The van der Waals surface area contributed by atoms with E-state index < -0.39 is 0 Å². The third kappa shape index (κ3) is 4.52. The van der Waals surface area contributed by atoms with E-state index in [2.05, 4.69) is 53.8 Å². The Kier molecular flexibility index (Phi) is 6.09. The van der Waals surface area contributed by atoms with Gasteiger partial charge < -0.3 is 4.74 Å². The molecule has 0 saturated heterocycles. The smallest absolute Gasteiger partial charge is 0.338 e. The van der Waals surface area contributed by atoms with Crippen LogP contribution in [0.2, 0.25) is 0 Å². The first kappa shape index (κ1) is 18.6. The molecule has 0 fully saturated rings. The van der Waals surface area contributed by atoms with Gasteiger partial charge in [-0.05, 0) is 42.7 Å². The minimum Gasteiger partial charge on any atom is -0.453 e. The summed E-state index contributed by atoms with van der Waals surface area (Å²) < 4.78 is 5.97. The molecule has 0 radical (unpaired) electrons. The average Bonchev–Trinajstić information content (AvgIpc) is 2.67. The van der Waals surface area contributed by atoms with E-state index in [1.54, 1.807) is 0 Å². The monoisotopic (exact) mass is 456 g/mol. The molecule has 0 aromatic heterocycles. The van der Waals surface area contributed by atoms with Crippen molar-refractivity contribution in [1.29, 1.82) is 0 Å². The molecular weight excluding hydrogens is 435 g/mol. The van der Waals surface area contributed by atoms with Crippen molar-refractivity contribution >= 4 is 28.6 Å². The molecule has 0 aliphatic heterocycles. The zero-order valence-corrected chi connectivity index (χ0v) is 17.0. The van der Waals surface area contributed by atoms with Gasteiger partial charge in [0.1, 0.15) is 6.10 Å². The number of rotatable bonds is 5. The van der Waals surface area contributed by atoms with E-state index in [9.17, 15) is 4.79 Å². The maximum atomic E-state index is 12.6. The highest BCUT2D eigenvalue weighted by Gasteiger charge is 2.22. The highest BCUT2D eigenvalue weighted by Crippen LogP contribution is 2.28. The van der Waals surface area contributed by atoms with Gasteiger partial charge in [0.2, 0.25) is 0 Å². The molecule has 0 saturated carbocycles. The van der Waals surface area contributed by atoms with Crippen LogP contribution in [0.25, 0.3) is 11.1 Å². The lowest BCUT2D eigenvalue weighted by atomic mass is 10.0. The van der Waals surface area contributed by atoms with Gasteiger partial charge in [0.15, 0.2) is 0 Å². The maximum absolute atomic E-state index is 12.6. The number of aryl methyl sites for hydroxylation is 1. The van der Waals surface area contributed by atoms with Crippen LogP contribution in [0.1, 0.15) is 34.5 Å². The zero-order chi connectivity index (χ0) is 18.5. The van der Waals surface area contributed by atoms with Crippen molar-refractivity contribution in [3.8, 4) is 11.1 Å². The van der Waals surface area contributed by atoms with E-state index in [1.807, 2.05) is 61.5 Å². The second-order valence-electron chi connectivity index (χ2n) is 6.36. The Hall–Kier alpha value is -2.14. The second kappa shape index (κ2) is 8.49. The van der Waals surface area contributed by atoms with Gasteiger partial charge in [0.05, 0.1) is 5.56 Å². The van der Waals surface area contributed by atoms with Crippen molar-refractivity contribution in [2.45, 2.75) is 23.9 Å². The van der Waals surface area contributed by atoms with Gasteiger partial charge in [-0.15, -0.1) is 0 Å². The molecule has 0 heterocycles. The first-order chi connectivity index (χ1) is 12.5. The molecule has 2 unspecified atom stereocenters. The van der Waals surface area contributed by atoms with Gasteiger partial charge in [-0.3, -0.25) is 0 Å². The standard InChI is InChI=1S/C23H21IO2/c1-16-8-10-18(11-9-16)19-12-14-21(15-13-19)23(25)26-22(17(2)24)20-6-4-3-5-7-20/h3-15,17,22H,1-2H3. The van der Waals surface area contributed by atoms with E-state index in [0.717, 1.165) is 16.7 Å². The summed E-state index contributed by atoms with van der Waals surface area (Å²) in [6, 6.07) is 25.8. The van der Waals surface area contributed by atoms with Crippen LogP contribution >= 0.6 is 22.6 Å². The number of carbonyl (C=O) groups excluding carboxylic acids is 1. The number of ether oxygens (including phenoxy) is 1. The lowest BCUT2D eigenvalue weighted by molar-refractivity contribution is 0.0310. The van der Waals surface area contributed by atoms with Crippen LogP contribution in [0.5, 0.6) is 0 Å². The fourth-order valence-electron chi connectivity index (χ4n) is 2.80. The molecule has 0 amide bonds. The quantitative estimate of drug-likeness (QED) is 0.253. The van der Waals surface area contributed by atoms with Crippen molar-refractivity contribution in [2.24, 2.45) is 0 Å². The van der Waals surface area contributed by atoms with E-state index in [1.165, 1.54) is 5.56 Å². The van der Waals surface area contributed by atoms with E-state index in [-0.39, 0.29) is 16.0 Å². The Morgan fingerprint density at radius 3 is 1.92 bits per heavy atom. The summed E-state index contributed by atoms with van der Waals surface area (Å²) in [4.78, 5) is 12.6. The number of halogens is 1. The van der Waals surface area contributed by atoms with Gasteiger partial charge in [0, 0.05) is 3.92 Å². The average molecular weight is 456 g/mol. The molecule has 132 valence electrons. The molecule has 0 spiro atoms. The first-order valence-corrected chi connectivity index (χ1v) is 9.86. The van der Waals surface area contributed by atoms with E-state index in [0.29, 0.717) is 5.56 Å². The Labute approximate surface area is 168 Å². The Morgan fingerprint density at radius 2 is 1.38 bits per heavy atom. The molecule has 26 heavy (non-hydrogen) atoms. The van der Waals surface area contributed by atoms with Gasteiger partial charge in [0.25, 0.3) is 0 Å². The number of hydrogen-bond donors (Lipinski definition) is 0. The number of hydrogen-bond acceptors (Lipinski definition) is 2. The third-order valence-corrected chi connectivity index (χ3v) is 4.94. The summed E-state index contributed by atoms with van der Waals surface area (Å²) in [5.74, 6) is -0.294. The van der Waals surface area contributed by atoms with Crippen LogP contribution < -0.4 is 0 Å². The predicted molar refractivity (Wildman–Crippen MR) is 115 cm³/mol. The topological polar surface area (TPSA) is 26.3 Å². The summed E-state index contributed by atoms with van der Waals surface area (Å²) in [6.45, 7) is 4.12. The predicted octanol–water partition coefficient (Wildman–Crippen LogP) is 6.38. The lowest BCUT2D eigenvalue weighted by Crippen LogP contribution is -2.17. The van der Waals surface area contributed by atoms with Crippen LogP contribution in [0.4, 0.5) is 0 Å². The van der Waals surface area contributed by atoms with Crippen molar-refractivity contribution in [1.82, 2.24) is 0 Å². The number of benzene rings is 3. The fraction of sp³-hybridized carbons (Fsp3) is 0.174. The largest absolute Gasteiger partial charge is 0.453 e. The van der Waals surface area contributed by atoms with Crippen LogP contribution in [0.3, 0.4) is 0 Å². The number of alkyl halides is 1. The SMILES string of the molecule is Cc1ccc(-c2ccc(C(=O)OC(c3ccccc3)C(C)I)cc2)cc1. The molecular formula is C23H21IO2. The first-order valence-electron chi connectivity index (χ1n) is 8.61. The Morgan fingerprint density at radius 1 is 0.846 bits per heavy atom. The van der Waals surface area contributed by atoms with Crippen LogP contribution in [-0.4, -0.2) is 9.89 Å². The molecule has 2 atom stereocenters. The van der Waals surface area contributed by atoms with Crippen molar-refractivity contribution in [3.63, 3.8) is 0 Å². The number of carbonyl (C=O) groups is 1. The molecule has 0 aliphatic carbocycles. The molecule has 3 aromatic rings. The molecule has 0 N–H and O–H groups in total. The van der Waals surface area contributed by atoms with Crippen LogP contribution in [0, 0.1) is 6.92 Å². The molecule has 3 rings (SSSR count). The normalized spacial score (nSPS) is 13.0. The molecule has 2 nitrogen and oxygen atoms in total. The van der Waals surface area contributed by atoms with Gasteiger partial charge in [-0.25, -0.2) is 4.79 Å². The second-order valence-corrected chi connectivity index (χ2v) is 8.32. The summed E-state index contributed by atoms with van der Waals surface area (Å²) in [7, 11) is 0. The minimum absolute atomic E-state index is 0.172. The lowest BCUT2D eigenvalue weighted by Gasteiger charge is -2.21. The van der Waals surface area contributed by atoms with Gasteiger partial charge in [-0.1, -0.05) is 94.9 Å². The van der Waals surface area contributed by atoms with E-state index in [4.69, 9.17) is 4.74 Å². The molecule has 0 aliphatic rings. The van der Waals surface area contributed by atoms with E-state index >= 15 is 0 Å². The third-order valence-electron chi connectivity index (χ3n) is 4.28. The molecule has 0 bridgehead atoms. The summed E-state index contributed by atoms with van der Waals surface area (Å²) in [5, 5.41) is 0.